The molecular weight excluding hydrogens is 368 g/mol. The van der Waals surface area contributed by atoms with Crippen molar-refractivity contribution in [3.8, 4) is 17.4 Å². The zero-order valence-corrected chi connectivity index (χ0v) is 17.8. The van der Waals surface area contributed by atoms with Crippen molar-refractivity contribution in [3.05, 3.63) is 48.2 Å². The van der Waals surface area contributed by atoms with E-state index in [1.54, 1.807) is 13.3 Å². The molecule has 0 aliphatic rings. The van der Waals surface area contributed by atoms with Crippen LogP contribution in [0.15, 0.2) is 47.6 Å². The molecule has 2 N–H and O–H groups in total. The number of rotatable bonds is 11. The number of hydrogen-bond acceptors (Lipinski definition) is 5. The van der Waals surface area contributed by atoms with E-state index in [-0.39, 0.29) is 6.04 Å². The fourth-order valence-corrected chi connectivity index (χ4v) is 2.62. The molecule has 7 nitrogen and oxygen atoms in total. The van der Waals surface area contributed by atoms with Crippen molar-refractivity contribution >= 4 is 5.96 Å². The molecule has 29 heavy (non-hydrogen) atoms. The number of benzene rings is 1. The molecule has 0 aliphatic heterocycles. The molecule has 2 rings (SSSR count). The zero-order chi connectivity index (χ0) is 20.9. The van der Waals surface area contributed by atoms with Crippen molar-refractivity contribution in [2.75, 3.05) is 26.9 Å². The molecule has 0 aliphatic carbocycles. The van der Waals surface area contributed by atoms with Crippen molar-refractivity contribution in [2.45, 2.75) is 39.8 Å². The van der Waals surface area contributed by atoms with Crippen LogP contribution < -0.4 is 20.1 Å². The highest BCUT2D eigenvalue weighted by molar-refractivity contribution is 5.80. The molecule has 1 aromatic carbocycles. The smallest absolute Gasteiger partial charge is 0.224 e. The van der Waals surface area contributed by atoms with Gasteiger partial charge < -0.3 is 24.8 Å². The molecule has 0 saturated heterocycles. The highest BCUT2D eigenvalue weighted by Gasteiger charge is 2.11. The summed E-state index contributed by atoms with van der Waals surface area (Å²) in [6.07, 6.45) is 2.64. The van der Waals surface area contributed by atoms with Crippen LogP contribution in [0, 0.1) is 0 Å². The van der Waals surface area contributed by atoms with Crippen LogP contribution in [0.5, 0.6) is 17.4 Å². The van der Waals surface area contributed by atoms with Crippen LogP contribution in [-0.2, 0) is 11.3 Å². The van der Waals surface area contributed by atoms with Gasteiger partial charge in [0.15, 0.2) is 17.5 Å². The van der Waals surface area contributed by atoms with Gasteiger partial charge in [-0.1, -0.05) is 25.1 Å². The number of hydrogen-bond donors (Lipinski definition) is 2. The van der Waals surface area contributed by atoms with Crippen LogP contribution in [0.4, 0.5) is 0 Å². The largest absolute Gasteiger partial charge is 0.490 e. The monoisotopic (exact) mass is 400 g/mol. The van der Waals surface area contributed by atoms with Crippen molar-refractivity contribution in [2.24, 2.45) is 4.99 Å². The number of methoxy groups -OCH3 is 1. The quantitative estimate of drug-likeness (QED) is 0.442. The lowest BCUT2D eigenvalue weighted by molar-refractivity contribution is 0.179. The summed E-state index contributed by atoms with van der Waals surface area (Å²) >= 11 is 0. The first-order valence-electron chi connectivity index (χ1n) is 10.0. The second kappa shape index (κ2) is 12.6. The van der Waals surface area contributed by atoms with Crippen LogP contribution in [-0.4, -0.2) is 43.9 Å². The topological polar surface area (TPSA) is 77.0 Å². The molecule has 0 fully saturated rings. The number of guanidine groups is 1. The Balaban J connectivity index is 2.16. The fourth-order valence-electron chi connectivity index (χ4n) is 2.62. The van der Waals surface area contributed by atoms with Gasteiger partial charge >= 0.3 is 0 Å². The molecule has 0 bridgehead atoms. The highest BCUT2D eigenvalue weighted by Crippen LogP contribution is 2.32. The summed E-state index contributed by atoms with van der Waals surface area (Å²) in [7, 11) is 1.68. The number of nitrogens with zero attached hydrogens (tertiary/aromatic N) is 2. The van der Waals surface area contributed by atoms with Gasteiger partial charge in [0.1, 0.15) is 0 Å². The molecule has 7 heteroatoms. The molecule has 1 aromatic heterocycles. The maximum atomic E-state index is 6.08. The predicted molar refractivity (Wildman–Crippen MR) is 116 cm³/mol. The van der Waals surface area contributed by atoms with Crippen LogP contribution in [0.3, 0.4) is 0 Å². The standard InChI is InChI=1S/C22H32N4O3/c1-5-14-28-19-11-7-8-12-20(19)29-21-18(10-9-13-24-21)15-25-22(23-6-2)26-17(3)16-27-4/h7-13,17H,5-6,14-16H2,1-4H3,(H2,23,25,26). The van der Waals surface area contributed by atoms with Gasteiger partial charge in [-0.3, -0.25) is 0 Å². The van der Waals surface area contributed by atoms with E-state index in [1.807, 2.05) is 50.2 Å². The lowest BCUT2D eigenvalue weighted by atomic mass is 10.2. The van der Waals surface area contributed by atoms with Crippen LogP contribution in [0.1, 0.15) is 32.8 Å². The highest BCUT2D eigenvalue weighted by atomic mass is 16.5. The number of ether oxygens (including phenoxy) is 3. The van der Waals surface area contributed by atoms with Crippen molar-refractivity contribution in [1.29, 1.82) is 0 Å². The van der Waals surface area contributed by atoms with E-state index >= 15 is 0 Å². The third-order valence-corrected chi connectivity index (χ3v) is 3.92. The number of pyridine rings is 1. The molecule has 1 heterocycles. The average Bonchev–Trinajstić information content (AvgIpc) is 2.72. The maximum absolute atomic E-state index is 6.08. The number of aliphatic imine (C=N–C) groups is 1. The third-order valence-electron chi connectivity index (χ3n) is 3.92. The van der Waals surface area contributed by atoms with Crippen molar-refractivity contribution < 1.29 is 14.2 Å². The van der Waals surface area contributed by atoms with Gasteiger partial charge in [0.05, 0.1) is 19.8 Å². The Kier molecular flexibility index (Phi) is 9.78. The average molecular weight is 401 g/mol. The molecule has 0 spiro atoms. The molecule has 1 atom stereocenters. The SMILES string of the molecule is CCCOc1ccccc1Oc1ncccc1CN=C(NCC)NC(C)COC. The van der Waals surface area contributed by atoms with Gasteiger partial charge in [-0.15, -0.1) is 0 Å². The fraction of sp³-hybridized carbons (Fsp3) is 0.455. The summed E-state index contributed by atoms with van der Waals surface area (Å²) < 4.78 is 17.0. The molecule has 0 saturated carbocycles. The first-order chi connectivity index (χ1) is 14.2. The van der Waals surface area contributed by atoms with Gasteiger partial charge in [-0.25, -0.2) is 9.98 Å². The van der Waals surface area contributed by atoms with E-state index in [0.29, 0.717) is 37.1 Å². The summed E-state index contributed by atoms with van der Waals surface area (Å²) in [4.78, 5) is 9.07. The summed E-state index contributed by atoms with van der Waals surface area (Å²) in [6.45, 7) is 8.58. The van der Waals surface area contributed by atoms with E-state index < -0.39 is 0 Å². The second-order valence-electron chi connectivity index (χ2n) is 6.56. The molecule has 1 unspecified atom stereocenters. The molecule has 0 radical (unpaired) electrons. The molecular formula is C22H32N4O3. The van der Waals surface area contributed by atoms with Crippen LogP contribution >= 0.6 is 0 Å². The summed E-state index contributed by atoms with van der Waals surface area (Å²) in [5.41, 5.74) is 0.884. The zero-order valence-electron chi connectivity index (χ0n) is 17.8. The number of para-hydroxylation sites is 2. The van der Waals surface area contributed by atoms with Gasteiger partial charge in [0, 0.05) is 31.5 Å². The second-order valence-corrected chi connectivity index (χ2v) is 6.56. The molecule has 158 valence electrons. The Hall–Kier alpha value is -2.80. The maximum Gasteiger partial charge on any atom is 0.224 e. The van der Waals surface area contributed by atoms with Gasteiger partial charge in [0.2, 0.25) is 5.88 Å². The first-order valence-corrected chi connectivity index (χ1v) is 10.0. The van der Waals surface area contributed by atoms with Crippen molar-refractivity contribution in [3.63, 3.8) is 0 Å². The first kappa shape index (κ1) is 22.5. The minimum Gasteiger partial charge on any atom is -0.490 e. The number of nitrogens with one attached hydrogen (secondary N) is 2. The molecule has 2 aromatic rings. The van der Waals surface area contributed by atoms with Crippen molar-refractivity contribution in [1.82, 2.24) is 15.6 Å². The van der Waals surface area contributed by atoms with E-state index in [0.717, 1.165) is 24.5 Å². The van der Waals surface area contributed by atoms with Gasteiger partial charge in [-0.05, 0) is 38.5 Å². The molecule has 0 amide bonds. The Labute approximate surface area is 173 Å². The Morgan fingerprint density at radius 2 is 1.93 bits per heavy atom. The van der Waals surface area contributed by atoms with E-state index in [2.05, 4.69) is 27.5 Å². The van der Waals surface area contributed by atoms with Gasteiger partial charge in [0.25, 0.3) is 0 Å². The Bertz CT molecular complexity index is 767. The summed E-state index contributed by atoms with van der Waals surface area (Å²) in [5, 5.41) is 6.57. The van der Waals surface area contributed by atoms with Crippen LogP contribution in [0.2, 0.25) is 0 Å². The lowest BCUT2D eigenvalue weighted by Gasteiger charge is -2.17. The summed E-state index contributed by atoms with van der Waals surface area (Å²) in [5.74, 6) is 2.59. The summed E-state index contributed by atoms with van der Waals surface area (Å²) in [6, 6.07) is 11.6. The predicted octanol–water partition coefficient (Wildman–Crippen LogP) is 3.75. The van der Waals surface area contributed by atoms with E-state index in [9.17, 15) is 0 Å². The minimum atomic E-state index is 0.144. The Morgan fingerprint density at radius 1 is 1.14 bits per heavy atom. The Morgan fingerprint density at radius 3 is 2.66 bits per heavy atom. The lowest BCUT2D eigenvalue weighted by Crippen LogP contribution is -2.43. The number of aromatic nitrogens is 1. The normalized spacial score (nSPS) is 12.3. The van der Waals surface area contributed by atoms with E-state index in [1.165, 1.54) is 0 Å². The minimum absolute atomic E-state index is 0.144. The van der Waals surface area contributed by atoms with Gasteiger partial charge in [-0.2, -0.15) is 0 Å². The third kappa shape index (κ3) is 7.62. The van der Waals surface area contributed by atoms with Crippen LogP contribution in [0.25, 0.3) is 0 Å². The van der Waals surface area contributed by atoms with E-state index in [4.69, 9.17) is 14.2 Å².